The van der Waals surface area contributed by atoms with Crippen molar-refractivity contribution in [1.82, 2.24) is 9.62 Å². The molecule has 112 valence electrons. The van der Waals surface area contributed by atoms with E-state index in [9.17, 15) is 18.0 Å². The standard InChI is InChI=1S/C11H16N2O6S/c1-12-20(17,18)10-6-5-8(19-10)11(16)13(2)7-3-4-9(14)15/h5-6,12H,3-4,7H2,1-2H3,(H,14,15). The summed E-state index contributed by atoms with van der Waals surface area (Å²) in [4.78, 5) is 23.6. The van der Waals surface area contributed by atoms with E-state index < -0.39 is 21.9 Å². The zero-order chi connectivity index (χ0) is 15.3. The van der Waals surface area contributed by atoms with Crippen LogP contribution in [0.25, 0.3) is 0 Å². The highest BCUT2D eigenvalue weighted by Gasteiger charge is 2.21. The van der Waals surface area contributed by atoms with Gasteiger partial charge in [0.1, 0.15) is 0 Å². The van der Waals surface area contributed by atoms with E-state index in [2.05, 4.69) is 4.72 Å². The Morgan fingerprint density at radius 3 is 2.60 bits per heavy atom. The van der Waals surface area contributed by atoms with Gasteiger partial charge >= 0.3 is 5.97 Å². The van der Waals surface area contributed by atoms with Gasteiger partial charge in [0.15, 0.2) is 5.76 Å². The first-order chi connectivity index (χ1) is 9.27. The lowest BCUT2D eigenvalue weighted by molar-refractivity contribution is -0.137. The zero-order valence-corrected chi connectivity index (χ0v) is 11.9. The molecule has 0 aliphatic carbocycles. The normalized spacial score (nSPS) is 11.3. The number of carbonyl (C=O) groups is 2. The molecule has 0 spiro atoms. The molecule has 20 heavy (non-hydrogen) atoms. The van der Waals surface area contributed by atoms with Crippen molar-refractivity contribution in [3.05, 3.63) is 17.9 Å². The number of carboxylic acids is 1. The molecular weight excluding hydrogens is 288 g/mol. The van der Waals surface area contributed by atoms with Crippen LogP contribution in [-0.4, -0.2) is 50.9 Å². The number of furan rings is 1. The van der Waals surface area contributed by atoms with Gasteiger partial charge in [0.25, 0.3) is 15.9 Å². The van der Waals surface area contributed by atoms with Crippen LogP contribution in [0.3, 0.4) is 0 Å². The molecular formula is C11H16N2O6S. The summed E-state index contributed by atoms with van der Waals surface area (Å²) in [6.07, 6.45) is 0.259. The second-order valence-corrected chi connectivity index (χ2v) is 5.87. The van der Waals surface area contributed by atoms with Gasteiger partial charge in [-0.25, -0.2) is 13.1 Å². The minimum atomic E-state index is -3.73. The average Bonchev–Trinajstić information content (AvgIpc) is 2.87. The maximum absolute atomic E-state index is 11.9. The van der Waals surface area contributed by atoms with Crippen LogP contribution in [0.2, 0.25) is 0 Å². The van der Waals surface area contributed by atoms with Crippen molar-refractivity contribution in [1.29, 1.82) is 0 Å². The number of carboxylic acid groups (broad SMARTS) is 1. The highest BCUT2D eigenvalue weighted by atomic mass is 32.2. The van der Waals surface area contributed by atoms with E-state index in [0.29, 0.717) is 6.42 Å². The molecule has 2 N–H and O–H groups in total. The Bertz CT molecular complexity index is 592. The van der Waals surface area contributed by atoms with E-state index in [1.807, 2.05) is 0 Å². The van der Waals surface area contributed by atoms with Gasteiger partial charge in [0.05, 0.1) is 0 Å². The second kappa shape index (κ2) is 6.53. The molecule has 0 saturated carbocycles. The van der Waals surface area contributed by atoms with Crippen molar-refractivity contribution in [2.24, 2.45) is 0 Å². The minimum absolute atomic E-state index is 0.0465. The predicted octanol–water partition coefficient (Wildman–Crippen LogP) is 0.124. The molecule has 8 nitrogen and oxygen atoms in total. The molecule has 1 aromatic heterocycles. The van der Waals surface area contributed by atoms with Crippen LogP contribution >= 0.6 is 0 Å². The van der Waals surface area contributed by atoms with E-state index >= 15 is 0 Å². The molecule has 1 rings (SSSR count). The second-order valence-electron chi connectivity index (χ2n) is 4.05. The molecule has 9 heteroatoms. The molecule has 0 atom stereocenters. The molecule has 0 unspecified atom stereocenters. The Morgan fingerprint density at radius 2 is 2.05 bits per heavy atom. The summed E-state index contributed by atoms with van der Waals surface area (Å²) < 4.78 is 30.0. The van der Waals surface area contributed by atoms with Gasteiger partial charge in [-0.1, -0.05) is 0 Å². The molecule has 0 aromatic carbocycles. The number of sulfonamides is 1. The summed E-state index contributed by atoms with van der Waals surface area (Å²) in [7, 11) is -1.01. The third kappa shape index (κ3) is 4.07. The maximum atomic E-state index is 11.9. The molecule has 0 aliphatic rings. The monoisotopic (exact) mass is 304 g/mol. The van der Waals surface area contributed by atoms with Crippen molar-refractivity contribution in [3.8, 4) is 0 Å². The number of hydrogen-bond donors (Lipinski definition) is 2. The Hall–Kier alpha value is -1.87. The van der Waals surface area contributed by atoms with Gasteiger partial charge in [-0.15, -0.1) is 0 Å². The highest BCUT2D eigenvalue weighted by molar-refractivity contribution is 7.89. The molecule has 0 fully saturated rings. The molecule has 1 amide bonds. The molecule has 0 aliphatic heterocycles. The van der Waals surface area contributed by atoms with E-state index in [0.717, 1.165) is 0 Å². The van der Waals surface area contributed by atoms with Crippen molar-refractivity contribution >= 4 is 21.9 Å². The lowest BCUT2D eigenvalue weighted by Crippen LogP contribution is -2.27. The first kappa shape index (κ1) is 16.2. The van der Waals surface area contributed by atoms with Crippen molar-refractivity contribution in [2.75, 3.05) is 20.6 Å². The summed E-state index contributed by atoms with van der Waals surface area (Å²) in [6, 6.07) is 2.45. The predicted molar refractivity (Wildman–Crippen MR) is 68.8 cm³/mol. The molecule has 1 aromatic rings. The van der Waals surface area contributed by atoms with Crippen LogP contribution in [-0.2, 0) is 14.8 Å². The minimum Gasteiger partial charge on any atom is -0.481 e. The fourth-order valence-electron chi connectivity index (χ4n) is 1.44. The molecule has 1 heterocycles. The molecule has 0 radical (unpaired) electrons. The summed E-state index contributed by atoms with van der Waals surface area (Å²) >= 11 is 0. The van der Waals surface area contributed by atoms with Gasteiger partial charge in [0, 0.05) is 20.0 Å². The van der Waals surface area contributed by atoms with E-state index in [1.165, 1.54) is 31.1 Å². The third-order valence-corrected chi connectivity index (χ3v) is 3.84. The van der Waals surface area contributed by atoms with E-state index in [1.54, 1.807) is 0 Å². The first-order valence-corrected chi connectivity index (χ1v) is 7.27. The summed E-state index contributed by atoms with van der Waals surface area (Å²) in [5.41, 5.74) is 0. The Labute approximate surface area is 116 Å². The number of aliphatic carboxylic acids is 1. The lowest BCUT2D eigenvalue weighted by Gasteiger charge is -2.14. The van der Waals surface area contributed by atoms with E-state index in [-0.39, 0.29) is 23.8 Å². The van der Waals surface area contributed by atoms with E-state index in [4.69, 9.17) is 9.52 Å². The number of amides is 1. The van der Waals surface area contributed by atoms with Crippen LogP contribution in [0, 0.1) is 0 Å². The fourth-order valence-corrected chi connectivity index (χ4v) is 2.09. The Balaban J connectivity index is 2.71. The number of rotatable bonds is 7. The zero-order valence-electron chi connectivity index (χ0n) is 11.1. The lowest BCUT2D eigenvalue weighted by atomic mass is 10.3. The summed E-state index contributed by atoms with van der Waals surface area (Å²) in [5.74, 6) is -1.56. The van der Waals surface area contributed by atoms with Crippen molar-refractivity contribution in [3.63, 3.8) is 0 Å². The van der Waals surface area contributed by atoms with Crippen LogP contribution in [0.1, 0.15) is 23.4 Å². The van der Waals surface area contributed by atoms with Crippen LogP contribution in [0.4, 0.5) is 0 Å². The number of nitrogens with one attached hydrogen (secondary N) is 1. The topological polar surface area (TPSA) is 117 Å². The summed E-state index contributed by atoms with van der Waals surface area (Å²) in [5, 5.41) is 8.16. The summed E-state index contributed by atoms with van der Waals surface area (Å²) in [6.45, 7) is 0.236. The largest absolute Gasteiger partial charge is 0.481 e. The number of nitrogens with zero attached hydrogens (tertiary/aromatic N) is 1. The highest BCUT2D eigenvalue weighted by Crippen LogP contribution is 2.15. The average molecular weight is 304 g/mol. The fraction of sp³-hybridized carbons (Fsp3) is 0.455. The van der Waals surface area contributed by atoms with Crippen LogP contribution < -0.4 is 4.72 Å². The van der Waals surface area contributed by atoms with Gasteiger partial charge in [-0.2, -0.15) is 0 Å². The Morgan fingerprint density at radius 1 is 1.40 bits per heavy atom. The molecule has 0 bridgehead atoms. The van der Waals surface area contributed by atoms with Gasteiger partial charge < -0.3 is 14.4 Å². The first-order valence-electron chi connectivity index (χ1n) is 5.78. The van der Waals surface area contributed by atoms with Crippen molar-refractivity contribution < 1.29 is 27.5 Å². The van der Waals surface area contributed by atoms with Gasteiger partial charge in [-0.3, -0.25) is 9.59 Å². The third-order valence-electron chi connectivity index (χ3n) is 2.56. The van der Waals surface area contributed by atoms with Crippen LogP contribution in [0.15, 0.2) is 21.6 Å². The quantitative estimate of drug-likeness (QED) is 0.739. The van der Waals surface area contributed by atoms with Gasteiger partial charge in [0.2, 0.25) is 5.09 Å². The maximum Gasteiger partial charge on any atom is 0.303 e. The van der Waals surface area contributed by atoms with Crippen molar-refractivity contribution in [2.45, 2.75) is 17.9 Å². The van der Waals surface area contributed by atoms with Crippen LogP contribution in [0.5, 0.6) is 0 Å². The smallest absolute Gasteiger partial charge is 0.303 e. The Kier molecular flexibility index (Phi) is 5.28. The number of hydrogen-bond acceptors (Lipinski definition) is 5. The number of carbonyl (C=O) groups excluding carboxylic acids is 1. The molecule has 0 saturated heterocycles. The SMILES string of the molecule is CNS(=O)(=O)c1ccc(C(=O)N(C)CCCC(=O)O)o1. The van der Waals surface area contributed by atoms with Gasteiger partial charge in [-0.05, 0) is 25.6 Å².